The lowest BCUT2D eigenvalue weighted by atomic mass is 9.99. The molecule has 1 heterocycles. The van der Waals surface area contributed by atoms with Gasteiger partial charge >= 0.3 is 0 Å². The molecule has 0 unspecified atom stereocenters. The van der Waals surface area contributed by atoms with Gasteiger partial charge in [-0.25, -0.2) is 0 Å². The van der Waals surface area contributed by atoms with Crippen LogP contribution >= 0.6 is 0 Å². The molecule has 1 aliphatic carbocycles. The van der Waals surface area contributed by atoms with Gasteiger partial charge in [-0.2, -0.15) is 0 Å². The molecule has 0 spiro atoms. The molecule has 1 saturated carbocycles. The molecule has 0 bridgehead atoms. The van der Waals surface area contributed by atoms with E-state index in [1.54, 1.807) is 12.5 Å². The van der Waals surface area contributed by atoms with Crippen molar-refractivity contribution in [2.45, 2.75) is 37.8 Å². The minimum atomic E-state index is 0.0454. The van der Waals surface area contributed by atoms with Crippen molar-refractivity contribution >= 4 is 0 Å². The summed E-state index contributed by atoms with van der Waals surface area (Å²) in [6.45, 7) is 1.77. The van der Waals surface area contributed by atoms with Crippen molar-refractivity contribution in [1.29, 1.82) is 0 Å². The fourth-order valence-corrected chi connectivity index (χ4v) is 2.10. The Hall–Kier alpha value is -0.800. The fraction of sp³-hybridized carbons (Fsp3) is 0.636. The maximum Gasteiger partial charge on any atom is 0.0947 e. The summed E-state index contributed by atoms with van der Waals surface area (Å²) in [5.41, 5.74) is 7.44. The van der Waals surface area contributed by atoms with E-state index < -0.39 is 0 Å². The second-order valence-corrected chi connectivity index (χ2v) is 4.30. The van der Waals surface area contributed by atoms with Gasteiger partial charge in [0.2, 0.25) is 0 Å². The quantitative estimate of drug-likeness (QED) is 0.766. The molecule has 1 aromatic heterocycles. The van der Waals surface area contributed by atoms with Crippen molar-refractivity contribution in [2.75, 3.05) is 6.54 Å². The van der Waals surface area contributed by atoms with Gasteiger partial charge in [-0.05, 0) is 18.9 Å². The molecule has 0 atom stereocenters. The van der Waals surface area contributed by atoms with E-state index in [9.17, 15) is 0 Å². The highest BCUT2D eigenvalue weighted by molar-refractivity contribution is 5.05. The zero-order valence-electron chi connectivity index (χ0n) is 8.46. The summed E-state index contributed by atoms with van der Waals surface area (Å²) in [7, 11) is 0. The second kappa shape index (κ2) is 4.15. The Morgan fingerprint density at radius 3 is 2.86 bits per heavy atom. The first-order valence-corrected chi connectivity index (χ1v) is 5.29. The van der Waals surface area contributed by atoms with Crippen LogP contribution in [0.25, 0.3) is 0 Å². The lowest BCUT2D eigenvalue weighted by Crippen LogP contribution is -2.46. The highest BCUT2D eigenvalue weighted by Crippen LogP contribution is 2.26. The molecule has 1 aromatic rings. The van der Waals surface area contributed by atoms with Crippen molar-refractivity contribution in [3.05, 3.63) is 24.2 Å². The van der Waals surface area contributed by atoms with Gasteiger partial charge in [-0.3, -0.25) is 0 Å². The minimum Gasteiger partial charge on any atom is -0.472 e. The van der Waals surface area contributed by atoms with Crippen LogP contribution in [0.5, 0.6) is 0 Å². The van der Waals surface area contributed by atoms with Crippen molar-refractivity contribution in [1.82, 2.24) is 5.32 Å². The number of hydrogen-bond acceptors (Lipinski definition) is 3. The van der Waals surface area contributed by atoms with E-state index in [-0.39, 0.29) is 5.54 Å². The van der Waals surface area contributed by atoms with E-state index in [1.807, 2.05) is 6.07 Å². The van der Waals surface area contributed by atoms with Crippen LogP contribution in [0.15, 0.2) is 23.0 Å². The van der Waals surface area contributed by atoms with E-state index in [4.69, 9.17) is 10.2 Å². The van der Waals surface area contributed by atoms with Gasteiger partial charge in [0.25, 0.3) is 0 Å². The SMILES string of the molecule is NC1(CNCc2ccoc2)CCCC1. The van der Waals surface area contributed by atoms with E-state index >= 15 is 0 Å². The van der Waals surface area contributed by atoms with Crippen LogP contribution in [0.3, 0.4) is 0 Å². The normalized spacial score (nSPS) is 20.1. The summed E-state index contributed by atoms with van der Waals surface area (Å²) in [5, 5.41) is 3.39. The average molecular weight is 194 g/mol. The Kier molecular flexibility index (Phi) is 2.89. The Bertz CT molecular complexity index is 263. The van der Waals surface area contributed by atoms with Crippen LogP contribution in [0.4, 0.5) is 0 Å². The van der Waals surface area contributed by atoms with Crippen LogP contribution in [0.1, 0.15) is 31.2 Å². The maximum absolute atomic E-state index is 6.21. The lowest BCUT2D eigenvalue weighted by Gasteiger charge is -2.23. The second-order valence-electron chi connectivity index (χ2n) is 4.30. The molecule has 3 N–H and O–H groups in total. The molecule has 78 valence electrons. The van der Waals surface area contributed by atoms with Crippen molar-refractivity contribution in [2.24, 2.45) is 5.73 Å². The van der Waals surface area contributed by atoms with Gasteiger partial charge in [0.15, 0.2) is 0 Å². The molecule has 2 rings (SSSR count). The molecule has 14 heavy (non-hydrogen) atoms. The number of nitrogens with two attached hydrogens (primary N) is 1. The first kappa shape index (κ1) is 9.74. The Morgan fingerprint density at radius 2 is 2.21 bits per heavy atom. The smallest absolute Gasteiger partial charge is 0.0947 e. The van der Waals surface area contributed by atoms with Crippen LogP contribution in [-0.2, 0) is 6.54 Å². The third-order valence-electron chi connectivity index (χ3n) is 2.99. The standard InChI is InChI=1S/C11H18N2O/c12-11(4-1-2-5-11)9-13-7-10-3-6-14-8-10/h3,6,8,13H,1-2,4-5,7,9,12H2. The maximum atomic E-state index is 6.21. The Labute approximate surface area is 84.7 Å². The van der Waals surface area contributed by atoms with Gasteiger partial charge in [0.05, 0.1) is 12.5 Å². The largest absolute Gasteiger partial charge is 0.472 e. The van der Waals surface area contributed by atoms with Crippen LogP contribution in [-0.4, -0.2) is 12.1 Å². The summed E-state index contributed by atoms with van der Waals surface area (Å²) >= 11 is 0. The molecular weight excluding hydrogens is 176 g/mol. The molecule has 0 radical (unpaired) electrons. The van der Waals surface area contributed by atoms with Gasteiger partial charge in [-0.1, -0.05) is 12.8 Å². The van der Waals surface area contributed by atoms with E-state index in [2.05, 4.69) is 5.32 Å². The molecule has 0 aliphatic heterocycles. The first-order chi connectivity index (χ1) is 6.79. The topological polar surface area (TPSA) is 51.2 Å². The Balaban J connectivity index is 1.72. The molecule has 0 amide bonds. The van der Waals surface area contributed by atoms with Crippen LogP contribution in [0, 0.1) is 0 Å². The predicted molar refractivity (Wildman–Crippen MR) is 55.8 cm³/mol. The summed E-state index contributed by atoms with van der Waals surface area (Å²) in [5.74, 6) is 0. The van der Waals surface area contributed by atoms with Crippen molar-refractivity contribution < 1.29 is 4.42 Å². The number of rotatable bonds is 4. The number of nitrogens with one attached hydrogen (secondary N) is 1. The molecule has 3 heteroatoms. The van der Waals surface area contributed by atoms with Gasteiger partial charge < -0.3 is 15.5 Å². The van der Waals surface area contributed by atoms with Gasteiger partial charge in [0, 0.05) is 24.2 Å². The highest BCUT2D eigenvalue weighted by atomic mass is 16.3. The molecule has 0 aromatic carbocycles. The average Bonchev–Trinajstić information content (AvgIpc) is 2.77. The van der Waals surface area contributed by atoms with Crippen LogP contribution in [0.2, 0.25) is 0 Å². The monoisotopic (exact) mass is 194 g/mol. The van der Waals surface area contributed by atoms with E-state index in [0.717, 1.165) is 25.9 Å². The van der Waals surface area contributed by atoms with Gasteiger partial charge in [0.1, 0.15) is 0 Å². The van der Waals surface area contributed by atoms with E-state index in [1.165, 1.54) is 18.4 Å². The number of furan rings is 1. The van der Waals surface area contributed by atoms with Crippen molar-refractivity contribution in [3.63, 3.8) is 0 Å². The van der Waals surface area contributed by atoms with Gasteiger partial charge in [-0.15, -0.1) is 0 Å². The zero-order valence-corrected chi connectivity index (χ0v) is 8.46. The fourth-order valence-electron chi connectivity index (χ4n) is 2.10. The summed E-state index contributed by atoms with van der Waals surface area (Å²) < 4.78 is 4.99. The predicted octanol–water partition coefficient (Wildman–Crippen LogP) is 1.64. The number of hydrogen-bond donors (Lipinski definition) is 2. The molecule has 1 aliphatic rings. The first-order valence-electron chi connectivity index (χ1n) is 5.29. The highest BCUT2D eigenvalue weighted by Gasteiger charge is 2.28. The third-order valence-corrected chi connectivity index (χ3v) is 2.99. The summed E-state index contributed by atoms with van der Waals surface area (Å²) in [4.78, 5) is 0. The molecule has 0 saturated heterocycles. The molecule has 3 nitrogen and oxygen atoms in total. The Morgan fingerprint density at radius 1 is 1.43 bits per heavy atom. The lowest BCUT2D eigenvalue weighted by molar-refractivity contribution is 0.404. The summed E-state index contributed by atoms with van der Waals surface area (Å²) in [6.07, 6.45) is 8.35. The van der Waals surface area contributed by atoms with E-state index in [0.29, 0.717) is 0 Å². The van der Waals surface area contributed by atoms with Crippen LogP contribution < -0.4 is 11.1 Å². The summed E-state index contributed by atoms with van der Waals surface area (Å²) in [6, 6.07) is 1.98. The minimum absolute atomic E-state index is 0.0454. The third kappa shape index (κ3) is 2.36. The van der Waals surface area contributed by atoms with Crippen molar-refractivity contribution in [3.8, 4) is 0 Å². The zero-order chi connectivity index (χ0) is 9.86. The molecular formula is C11H18N2O. The molecule has 1 fully saturated rings.